The Morgan fingerprint density at radius 2 is 1.88 bits per heavy atom. The van der Waals surface area contributed by atoms with Crippen LogP contribution in [0.4, 0.5) is 0 Å². The molecule has 0 saturated carbocycles. The highest BCUT2D eigenvalue weighted by Crippen LogP contribution is 2.14. The fourth-order valence-electron chi connectivity index (χ4n) is 2.91. The predicted octanol–water partition coefficient (Wildman–Crippen LogP) is 1.85. The van der Waals surface area contributed by atoms with E-state index in [9.17, 15) is 9.59 Å². The Balaban J connectivity index is 1.91. The number of carbonyl (C=O) groups excluding carboxylic acids is 2. The van der Waals surface area contributed by atoms with Crippen molar-refractivity contribution in [1.82, 2.24) is 10.2 Å². The third-order valence-electron chi connectivity index (χ3n) is 4.36. The van der Waals surface area contributed by atoms with Crippen LogP contribution in [0.15, 0.2) is 24.3 Å². The standard InChI is InChI=1S/C20H26N2O4/c1-3-4-14-26-17-10-8-16(9-11-17)19(23)21-15-18(20(24)25-2)22-12-6-5-7-13-22/h8-11,18H,5-7,12-15H2,1-2H3,(H,21,23)/t18-/m0/s1. The largest absolute Gasteiger partial charge is 0.481 e. The summed E-state index contributed by atoms with van der Waals surface area (Å²) in [5, 5.41) is 2.84. The molecule has 1 aliphatic heterocycles. The molecule has 0 aliphatic carbocycles. The van der Waals surface area contributed by atoms with Crippen LogP contribution in [0.25, 0.3) is 0 Å². The zero-order valence-electron chi connectivity index (χ0n) is 15.4. The Morgan fingerprint density at radius 1 is 1.19 bits per heavy atom. The van der Waals surface area contributed by atoms with Gasteiger partial charge in [-0.25, -0.2) is 0 Å². The van der Waals surface area contributed by atoms with E-state index in [1.54, 1.807) is 31.2 Å². The van der Waals surface area contributed by atoms with Crippen LogP contribution in [-0.4, -0.2) is 56.2 Å². The molecule has 6 heteroatoms. The lowest BCUT2D eigenvalue weighted by molar-refractivity contribution is -0.147. The quantitative estimate of drug-likeness (QED) is 0.595. The maximum atomic E-state index is 12.4. The lowest BCUT2D eigenvalue weighted by atomic mass is 10.1. The third-order valence-corrected chi connectivity index (χ3v) is 4.36. The van der Waals surface area contributed by atoms with Crippen molar-refractivity contribution in [2.45, 2.75) is 32.2 Å². The van der Waals surface area contributed by atoms with E-state index in [2.05, 4.69) is 22.1 Å². The summed E-state index contributed by atoms with van der Waals surface area (Å²) in [4.78, 5) is 26.5. The molecule has 0 bridgehead atoms. The van der Waals surface area contributed by atoms with Gasteiger partial charge in [-0.3, -0.25) is 14.5 Å². The van der Waals surface area contributed by atoms with Crippen LogP contribution in [0.2, 0.25) is 0 Å². The molecule has 1 N–H and O–H groups in total. The zero-order valence-corrected chi connectivity index (χ0v) is 15.4. The monoisotopic (exact) mass is 358 g/mol. The average Bonchev–Trinajstić information content (AvgIpc) is 2.69. The molecule has 2 rings (SSSR count). The minimum atomic E-state index is -0.445. The van der Waals surface area contributed by atoms with Gasteiger partial charge in [0.1, 0.15) is 18.4 Å². The molecular formula is C20H26N2O4. The molecule has 6 nitrogen and oxygen atoms in total. The van der Waals surface area contributed by atoms with Crippen molar-refractivity contribution in [1.29, 1.82) is 0 Å². The van der Waals surface area contributed by atoms with Crippen LogP contribution < -0.4 is 10.1 Å². The van der Waals surface area contributed by atoms with Gasteiger partial charge in [0, 0.05) is 12.1 Å². The Kier molecular flexibility index (Phi) is 7.97. The maximum absolute atomic E-state index is 12.4. The van der Waals surface area contributed by atoms with Gasteiger partial charge >= 0.3 is 5.97 Å². The van der Waals surface area contributed by atoms with Gasteiger partial charge in [-0.05, 0) is 57.1 Å². The molecule has 1 aromatic carbocycles. The number of esters is 1. The van der Waals surface area contributed by atoms with Crippen LogP contribution in [0, 0.1) is 11.8 Å². The van der Waals surface area contributed by atoms with Crippen molar-refractivity contribution in [3.8, 4) is 17.6 Å². The van der Waals surface area contributed by atoms with Crippen molar-refractivity contribution < 1.29 is 19.1 Å². The lowest BCUT2D eigenvalue weighted by Crippen LogP contribution is -2.50. The SMILES string of the molecule is CC#CCOc1ccc(C(=O)NC[C@@H](C(=O)OC)N2CCCCC2)cc1. The topological polar surface area (TPSA) is 67.9 Å². The Morgan fingerprint density at radius 3 is 2.50 bits per heavy atom. The van der Waals surface area contributed by atoms with Gasteiger partial charge < -0.3 is 14.8 Å². The van der Waals surface area contributed by atoms with Gasteiger partial charge in [0.25, 0.3) is 5.91 Å². The number of amides is 1. The molecule has 0 radical (unpaired) electrons. The summed E-state index contributed by atoms with van der Waals surface area (Å²) in [7, 11) is 1.38. The molecular weight excluding hydrogens is 332 g/mol. The fourth-order valence-corrected chi connectivity index (χ4v) is 2.91. The summed E-state index contributed by atoms with van der Waals surface area (Å²) < 4.78 is 10.3. The number of likely N-dealkylation sites (tertiary alicyclic amines) is 1. The minimum Gasteiger partial charge on any atom is -0.481 e. The number of nitrogens with zero attached hydrogens (tertiary/aromatic N) is 1. The summed E-state index contributed by atoms with van der Waals surface area (Å²) >= 11 is 0. The fraction of sp³-hybridized carbons (Fsp3) is 0.500. The number of carbonyl (C=O) groups is 2. The smallest absolute Gasteiger partial charge is 0.324 e. The van der Waals surface area contributed by atoms with Gasteiger partial charge in [-0.1, -0.05) is 12.3 Å². The second-order valence-corrected chi connectivity index (χ2v) is 6.09. The van der Waals surface area contributed by atoms with Crippen molar-refractivity contribution in [3.05, 3.63) is 29.8 Å². The molecule has 1 aromatic rings. The maximum Gasteiger partial charge on any atom is 0.324 e. The minimum absolute atomic E-state index is 0.226. The van der Waals surface area contributed by atoms with E-state index in [4.69, 9.17) is 9.47 Å². The van der Waals surface area contributed by atoms with Gasteiger partial charge in [-0.15, -0.1) is 5.92 Å². The zero-order chi connectivity index (χ0) is 18.8. The van der Waals surface area contributed by atoms with E-state index in [0.717, 1.165) is 25.9 Å². The van der Waals surface area contributed by atoms with Crippen LogP contribution in [0.1, 0.15) is 36.5 Å². The number of benzene rings is 1. The molecule has 1 heterocycles. The van der Waals surface area contributed by atoms with Gasteiger partial charge in [-0.2, -0.15) is 0 Å². The van der Waals surface area contributed by atoms with Crippen LogP contribution in [-0.2, 0) is 9.53 Å². The van der Waals surface area contributed by atoms with E-state index in [0.29, 0.717) is 17.9 Å². The summed E-state index contributed by atoms with van der Waals surface area (Å²) in [6, 6.07) is 6.40. The first-order valence-electron chi connectivity index (χ1n) is 8.88. The molecule has 1 saturated heterocycles. The number of methoxy groups -OCH3 is 1. The third kappa shape index (κ3) is 5.78. The molecule has 140 valence electrons. The first-order chi connectivity index (χ1) is 12.7. The van der Waals surface area contributed by atoms with Gasteiger partial charge in [0.15, 0.2) is 0 Å². The molecule has 0 aromatic heterocycles. The Hall–Kier alpha value is -2.52. The second kappa shape index (κ2) is 10.5. The number of hydrogen-bond donors (Lipinski definition) is 1. The van der Waals surface area contributed by atoms with Gasteiger partial charge in [0.2, 0.25) is 0 Å². The lowest BCUT2D eigenvalue weighted by Gasteiger charge is -2.32. The van der Waals surface area contributed by atoms with E-state index < -0.39 is 6.04 Å². The molecule has 1 aliphatic rings. The van der Waals surface area contributed by atoms with Gasteiger partial charge in [0.05, 0.1) is 7.11 Å². The van der Waals surface area contributed by atoms with E-state index in [1.807, 2.05) is 0 Å². The summed E-state index contributed by atoms with van der Waals surface area (Å²) in [6.07, 6.45) is 3.30. The van der Waals surface area contributed by atoms with Crippen molar-refractivity contribution in [2.75, 3.05) is 33.4 Å². The van der Waals surface area contributed by atoms with Crippen LogP contribution in [0.3, 0.4) is 0 Å². The summed E-state index contributed by atoms with van der Waals surface area (Å²) in [5.41, 5.74) is 0.515. The first kappa shape index (κ1) is 19.8. The normalized spacial score (nSPS) is 15.3. The summed E-state index contributed by atoms with van der Waals surface area (Å²) in [6.45, 7) is 4.00. The van der Waals surface area contributed by atoms with E-state index in [1.165, 1.54) is 13.5 Å². The molecule has 0 unspecified atom stereocenters. The molecule has 1 atom stereocenters. The van der Waals surface area contributed by atoms with Crippen molar-refractivity contribution >= 4 is 11.9 Å². The highest BCUT2D eigenvalue weighted by molar-refractivity contribution is 5.94. The first-order valence-corrected chi connectivity index (χ1v) is 8.88. The number of rotatable bonds is 7. The molecule has 26 heavy (non-hydrogen) atoms. The summed E-state index contributed by atoms with van der Waals surface area (Å²) in [5.74, 6) is 5.69. The molecule has 0 spiro atoms. The molecule has 1 fully saturated rings. The highest BCUT2D eigenvalue weighted by Gasteiger charge is 2.28. The number of nitrogens with one attached hydrogen (secondary N) is 1. The number of hydrogen-bond acceptors (Lipinski definition) is 5. The van der Waals surface area contributed by atoms with Crippen molar-refractivity contribution in [2.24, 2.45) is 0 Å². The predicted molar refractivity (Wildman–Crippen MR) is 98.9 cm³/mol. The van der Waals surface area contributed by atoms with E-state index >= 15 is 0 Å². The second-order valence-electron chi connectivity index (χ2n) is 6.09. The molecule has 1 amide bonds. The Bertz CT molecular complexity index is 655. The van der Waals surface area contributed by atoms with Crippen LogP contribution in [0.5, 0.6) is 5.75 Å². The van der Waals surface area contributed by atoms with E-state index in [-0.39, 0.29) is 18.4 Å². The Labute approximate surface area is 154 Å². The van der Waals surface area contributed by atoms with Crippen LogP contribution >= 0.6 is 0 Å². The highest BCUT2D eigenvalue weighted by atomic mass is 16.5. The van der Waals surface area contributed by atoms with Crippen molar-refractivity contribution in [3.63, 3.8) is 0 Å². The average molecular weight is 358 g/mol. The number of ether oxygens (including phenoxy) is 2. The number of piperidine rings is 1.